The van der Waals surface area contributed by atoms with Gasteiger partial charge in [0.2, 0.25) is 0 Å². The van der Waals surface area contributed by atoms with Gasteiger partial charge >= 0.3 is 0 Å². The molecule has 2 aromatic rings. The second-order valence-electron chi connectivity index (χ2n) is 4.19. The SMILES string of the molecule is Brc1cc(NCc2ccsc2)nc(C2CC2)n1. The van der Waals surface area contributed by atoms with Crippen molar-refractivity contribution in [2.75, 3.05) is 5.32 Å². The van der Waals surface area contributed by atoms with E-state index >= 15 is 0 Å². The maximum absolute atomic E-state index is 4.55. The summed E-state index contributed by atoms with van der Waals surface area (Å²) >= 11 is 5.15. The van der Waals surface area contributed by atoms with Gasteiger partial charge in [-0.15, -0.1) is 0 Å². The lowest BCUT2D eigenvalue weighted by atomic mass is 10.3. The van der Waals surface area contributed by atoms with Gasteiger partial charge in [0.1, 0.15) is 16.2 Å². The molecule has 0 aromatic carbocycles. The van der Waals surface area contributed by atoms with Gasteiger partial charge in [-0.1, -0.05) is 0 Å². The van der Waals surface area contributed by atoms with E-state index in [-0.39, 0.29) is 0 Å². The maximum Gasteiger partial charge on any atom is 0.135 e. The smallest absolute Gasteiger partial charge is 0.135 e. The molecule has 3 nitrogen and oxygen atoms in total. The number of thiophene rings is 1. The number of nitrogens with zero attached hydrogens (tertiary/aromatic N) is 2. The molecule has 3 rings (SSSR count). The number of nitrogens with one attached hydrogen (secondary N) is 1. The molecule has 0 bridgehead atoms. The Hall–Kier alpha value is -0.940. The van der Waals surface area contributed by atoms with Gasteiger partial charge in [-0.3, -0.25) is 0 Å². The lowest BCUT2D eigenvalue weighted by Crippen LogP contribution is -2.03. The summed E-state index contributed by atoms with van der Waals surface area (Å²) in [6, 6.07) is 4.05. The topological polar surface area (TPSA) is 37.8 Å². The summed E-state index contributed by atoms with van der Waals surface area (Å²) in [5.41, 5.74) is 1.29. The van der Waals surface area contributed by atoms with Crippen molar-refractivity contribution in [3.05, 3.63) is 38.9 Å². The van der Waals surface area contributed by atoms with E-state index in [0.717, 1.165) is 22.8 Å². The summed E-state index contributed by atoms with van der Waals surface area (Å²) < 4.78 is 0.863. The molecule has 0 amide bonds. The highest BCUT2D eigenvalue weighted by Crippen LogP contribution is 2.38. The van der Waals surface area contributed by atoms with Gasteiger partial charge in [0.15, 0.2) is 0 Å². The van der Waals surface area contributed by atoms with Crippen LogP contribution in [0.4, 0.5) is 5.82 Å². The van der Waals surface area contributed by atoms with Gasteiger partial charge in [-0.05, 0) is 51.2 Å². The fraction of sp³-hybridized carbons (Fsp3) is 0.333. The molecule has 5 heteroatoms. The summed E-state index contributed by atoms with van der Waals surface area (Å²) in [4.78, 5) is 8.95. The quantitative estimate of drug-likeness (QED) is 0.873. The largest absolute Gasteiger partial charge is 0.366 e. The fourth-order valence-corrected chi connectivity index (χ4v) is 2.70. The molecule has 0 atom stereocenters. The van der Waals surface area contributed by atoms with Crippen molar-refractivity contribution in [2.45, 2.75) is 25.3 Å². The van der Waals surface area contributed by atoms with E-state index in [2.05, 4.69) is 48.0 Å². The van der Waals surface area contributed by atoms with Crippen LogP contribution < -0.4 is 5.32 Å². The van der Waals surface area contributed by atoms with Gasteiger partial charge in [0.25, 0.3) is 0 Å². The zero-order chi connectivity index (χ0) is 11.7. The zero-order valence-corrected chi connectivity index (χ0v) is 11.6. The fourth-order valence-electron chi connectivity index (χ4n) is 1.64. The van der Waals surface area contributed by atoms with Crippen molar-refractivity contribution in [2.24, 2.45) is 0 Å². The summed E-state index contributed by atoms with van der Waals surface area (Å²) in [5.74, 6) is 2.45. The van der Waals surface area contributed by atoms with Crippen LogP contribution in [0.2, 0.25) is 0 Å². The van der Waals surface area contributed by atoms with Gasteiger partial charge < -0.3 is 5.32 Å². The summed E-state index contributed by atoms with van der Waals surface area (Å²) in [6.45, 7) is 0.817. The molecule has 88 valence electrons. The van der Waals surface area contributed by atoms with E-state index < -0.39 is 0 Å². The van der Waals surface area contributed by atoms with E-state index in [9.17, 15) is 0 Å². The molecule has 0 aliphatic heterocycles. The third-order valence-corrected chi connectivity index (χ3v) is 3.85. The molecular weight excluding hydrogens is 298 g/mol. The second kappa shape index (κ2) is 4.74. The average molecular weight is 310 g/mol. The third-order valence-electron chi connectivity index (χ3n) is 2.71. The minimum Gasteiger partial charge on any atom is -0.366 e. The second-order valence-corrected chi connectivity index (χ2v) is 5.79. The number of aromatic nitrogens is 2. The van der Waals surface area contributed by atoms with Crippen LogP contribution in [0.1, 0.15) is 30.1 Å². The van der Waals surface area contributed by atoms with Crippen LogP contribution in [0.3, 0.4) is 0 Å². The van der Waals surface area contributed by atoms with Gasteiger partial charge in [-0.25, -0.2) is 9.97 Å². The number of hydrogen-bond donors (Lipinski definition) is 1. The number of rotatable bonds is 4. The first-order valence-corrected chi connectivity index (χ1v) is 7.34. The first kappa shape index (κ1) is 11.2. The molecular formula is C12H12BrN3S. The Bertz CT molecular complexity index is 508. The van der Waals surface area contributed by atoms with Crippen LogP contribution in [0.25, 0.3) is 0 Å². The number of hydrogen-bond acceptors (Lipinski definition) is 4. The monoisotopic (exact) mass is 309 g/mol. The van der Waals surface area contributed by atoms with Gasteiger partial charge in [-0.2, -0.15) is 11.3 Å². The Balaban J connectivity index is 1.73. The third kappa shape index (κ3) is 2.84. The van der Waals surface area contributed by atoms with Crippen molar-refractivity contribution in [3.8, 4) is 0 Å². The standard InChI is InChI=1S/C12H12BrN3S/c13-10-5-11(14-6-8-3-4-17-7-8)16-12(15-10)9-1-2-9/h3-5,7,9H,1-2,6H2,(H,14,15,16). The van der Waals surface area contributed by atoms with E-state index in [1.54, 1.807) is 11.3 Å². The van der Waals surface area contributed by atoms with Crippen molar-refractivity contribution in [1.29, 1.82) is 0 Å². The van der Waals surface area contributed by atoms with E-state index in [4.69, 9.17) is 0 Å². The van der Waals surface area contributed by atoms with Crippen molar-refractivity contribution < 1.29 is 0 Å². The van der Waals surface area contributed by atoms with Crippen LogP contribution in [0, 0.1) is 0 Å². The van der Waals surface area contributed by atoms with E-state index in [1.165, 1.54) is 18.4 Å². The van der Waals surface area contributed by atoms with Gasteiger partial charge in [0.05, 0.1) is 0 Å². The molecule has 0 radical (unpaired) electrons. The molecule has 0 saturated heterocycles. The molecule has 1 aliphatic carbocycles. The Labute approximate surface area is 112 Å². The van der Waals surface area contributed by atoms with Crippen molar-refractivity contribution >= 4 is 33.1 Å². The number of halogens is 1. The van der Waals surface area contributed by atoms with Crippen LogP contribution in [-0.2, 0) is 6.54 Å². The lowest BCUT2D eigenvalue weighted by Gasteiger charge is -2.06. The predicted octanol–water partition coefficient (Wildman–Crippen LogP) is 3.79. The molecule has 2 heterocycles. The highest BCUT2D eigenvalue weighted by Gasteiger charge is 2.27. The first-order chi connectivity index (χ1) is 8.31. The molecule has 1 N–H and O–H groups in total. The van der Waals surface area contributed by atoms with Crippen LogP contribution in [-0.4, -0.2) is 9.97 Å². The molecule has 0 unspecified atom stereocenters. The number of anilines is 1. The minimum atomic E-state index is 0.578. The van der Waals surface area contributed by atoms with Crippen molar-refractivity contribution in [3.63, 3.8) is 0 Å². The summed E-state index contributed by atoms with van der Waals surface area (Å²) in [6.07, 6.45) is 2.45. The maximum atomic E-state index is 4.55. The van der Waals surface area contributed by atoms with Crippen molar-refractivity contribution in [1.82, 2.24) is 9.97 Å². The minimum absolute atomic E-state index is 0.578. The first-order valence-electron chi connectivity index (χ1n) is 5.61. The predicted molar refractivity (Wildman–Crippen MR) is 73.4 cm³/mol. The Morgan fingerprint density at radius 2 is 2.29 bits per heavy atom. The highest BCUT2D eigenvalue weighted by molar-refractivity contribution is 9.10. The van der Waals surface area contributed by atoms with E-state index in [0.29, 0.717) is 5.92 Å². The normalized spacial score (nSPS) is 14.9. The zero-order valence-electron chi connectivity index (χ0n) is 9.19. The summed E-state index contributed by atoms with van der Waals surface area (Å²) in [7, 11) is 0. The lowest BCUT2D eigenvalue weighted by molar-refractivity contribution is 0.910. The van der Waals surface area contributed by atoms with Crippen LogP contribution in [0.15, 0.2) is 27.5 Å². The summed E-state index contributed by atoms with van der Waals surface area (Å²) in [5, 5.41) is 7.57. The molecule has 2 aromatic heterocycles. The molecule has 1 fully saturated rings. The molecule has 1 saturated carbocycles. The van der Waals surface area contributed by atoms with Crippen LogP contribution >= 0.6 is 27.3 Å². The Morgan fingerprint density at radius 3 is 3.00 bits per heavy atom. The Morgan fingerprint density at radius 1 is 1.41 bits per heavy atom. The van der Waals surface area contributed by atoms with Gasteiger partial charge in [0, 0.05) is 18.5 Å². The average Bonchev–Trinajstić information content (AvgIpc) is 3.04. The molecule has 0 spiro atoms. The van der Waals surface area contributed by atoms with E-state index in [1.807, 2.05) is 6.07 Å². The molecule has 17 heavy (non-hydrogen) atoms. The molecule has 1 aliphatic rings. The Kier molecular flexibility index (Phi) is 3.11. The van der Waals surface area contributed by atoms with Crippen LogP contribution in [0.5, 0.6) is 0 Å². The highest BCUT2D eigenvalue weighted by atomic mass is 79.9.